The Bertz CT molecular complexity index is 751. The van der Waals surface area contributed by atoms with Crippen LogP contribution in [-0.4, -0.2) is 51.4 Å². The van der Waals surface area contributed by atoms with E-state index in [4.69, 9.17) is 0 Å². The minimum Gasteiger partial charge on any atom is -0.339 e. The van der Waals surface area contributed by atoms with Crippen molar-refractivity contribution < 1.29 is 13.2 Å². The number of hydrogen-bond donors (Lipinski definition) is 2. The van der Waals surface area contributed by atoms with Crippen LogP contribution in [0.25, 0.3) is 0 Å². The summed E-state index contributed by atoms with van der Waals surface area (Å²) in [4.78, 5) is 15.0. The fourth-order valence-corrected chi connectivity index (χ4v) is 4.68. The molecule has 0 spiro atoms. The van der Waals surface area contributed by atoms with Crippen LogP contribution >= 0.6 is 0 Å². The van der Waals surface area contributed by atoms with Crippen LogP contribution in [0.4, 0.5) is 0 Å². The Labute approximate surface area is 156 Å². The molecule has 2 aliphatic rings. The molecule has 1 heterocycles. The van der Waals surface area contributed by atoms with Crippen molar-refractivity contribution in [2.75, 3.05) is 26.2 Å². The first kappa shape index (κ1) is 19.3. The smallest absolute Gasteiger partial charge is 0.254 e. The van der Waals surface area contributed by atoms with Crippen LogP contribution in [0.2, 0.25) is 0 Å². The molecule has 1 amide bonds. The summed E-state index contributed by atoms with van der Waals surface area (Å²) < 4.78 is 27.6. The summed E-state index contributed by atoms with van der Waals surface area (Å²) >= 11 is 0. The highest BCUT2D eigenvalue weighted by atomic mass is 32.2. The first-order valence-corrected chi connectivity index (χ1v) is 11.0. The van der Waals surface area contributed by atoms with Crippen molar-refractivity contribution in [2.45, 2.75) is 50.5 Å². The van der Waals surface area contributed by atoms with Gasteiger partial charge in [0.2, 0.25) is 10.0 Å². The zero-order chi connectivity index (χ0) is 18.7. The largest absolute Gasteiger partial charge is 0.339 e. The van der Waals surface area contributed by atoms with Crippen LogP contribution in [0.1, 0.15) is 48.5 Å². The molecular formula is C19H29N3O3S. The van der Waals surface area contributed by atoms with E-state index in [0.29, 0.717) is 11.5 Å². The lowest BCUT2D eigenvalue weighted by Crippen LogP contribution is -2.41. The lowest BCUT2D eigenvalue weighted by Gasteiger charge is -2.32. The Morgan fingerprint density at radius 2 is 1.88 bits per heavy atom. The molecule has 1 saturated heterocycles. The van der Waals surface area contributed by atoms with Crippen molar-refractivity contribution in [2.24, 2.45) is 5.92 Å². The number of sulfonamides is 1. The van der Waals surface area contributed by atoms with E-state index in [0.717, 1.165) is 57.4 Å². The van der Waals surface area contributed by atoms with E-state index in [1.54, 1.807) is 12.1 Å². The van der Waals surface area contributed by atoms with Crippen molar-refractivity contribution in [3.05, 3.63) is 29.3 Å². The quantitative estimate of drug-likeness (QED) is 0.758. The summed E-state index contributed by atoms with van der Waals surface area (Å²) in [5.41, 5.74) is 1.31. The normalized spacial score (nSPS) is 18.9. The Kier molecular flexibility index (Phi) is 5.99. The number of hydrogen-bond acceptors (Lipinski definition) is 4. The zero-order valence-corrected chi connectivity index (χ0v) is 16.4. The topological polar surface area (TPSA) is 78.5 Å². The van der Waals surface area contributed by atoms with Gasteiger partial charge in [0.05, 0.1) is 4.90 Å². The number of amides is 1. The lowest BCUT2D eigenvalue weighted by molar-refractivity contribution is 0.0689. The molecule has 7 heteroatoms. The Balaban J connectivity index is 1.70. The van der Waals surface area contributed by atoms with Crippen LogP contribution in [0.5, 0.6) is 0 Å². The highest BCUT2D eigenvalue weighted by Crippen LogP contribution is 2.25. The number of carbonyl (C=O) groups is 1. The number of nitrogens with zero attached hydrogens (tertiary/aromatic N) is 1. The van der Waals surface area contributed by atoms with Crippen LogP contribution in [0, 0.1) is 12.8 Å². The number of carbonyl (C=O) groups excluding carboxylic acids is 1. The van der Waals surface area contributed by atoms with Gasteiger partial charge in [0, 0.05) is 24.7 Å². The Morgan fingerprint density at radius 3 is 2.50 bits per heavy atom. The zero-order valence-electron chi connectivity index (χ0n) is 15.6. The van der Waals surface area contributed by atoms with Crippen molar-refractivity contribution in [1.82, 2.24) is 14.9 Å². The number of aryl methyl sites for hydroxylation is 1. The maximum Gasteiger partial charge on any atom is 0.254 e. The molecule has 3 rings (SSSR count). The van der Waals surface area contributed by atoms with Crippen molar-refractivity contribution in [1.29, 1.82) is 0 Å². The number of likely N-dealkylation sites (tertiary alicyclic amines) is 1. The van der Waals surface area contributed by atoms with E-state index in [9.17, 15) is 13.2 Å². The molecule has 0 radical (unpaired) electrons. The maximum atomic E-state index is 13.0. The van der Waals surface area contributed by atoms with Gasteiger partial charge in [-0.05, 0) is 69.3 Å². The van der Waals surface area contributed by atoms with E-state index < -0.39 is 10.0 Å². The van der Waals surface area contributed by atoms with Gasteiger partial charge < -0.3 is 10.2 Å². The monoisotopic (exact) mass is 379 g/mol. The van der Waals surface area contributed by atoms with Crippen molar-refractivity contribution >= 4 is 15.9 Å². The molecule has 144 valence electrons. The third-order valence-corrected chi connectivity index (χ3v) is 6.75. The molecule has 1 saturated carbocycles. The summed E-state index contributed by atoms with van der Waals surface area (Å²) in [5.74, 6) is 0.544. The van der Waals surface area contributed by atoms with E-state index in [1.807, 2.05) is 11.8 Å². The average molecular weight is 380 g/mol. The maximum absolute atomic E-state index is 13.0. The van der Waals surface area contributed by atoms with Gasteiger partial charge in [0.15, 0.2) is 0 Å². The Morgan fingerprint density at radius 1 is 1.19 bits per heavy atom. The predicted molar refractivity (Wildman–Crippen MR) is 102 cm³/mol. The van der Waals surface area contributed by atoms with E-state index in [2.05, 4.69) is 17.0 Å². The van der Waals surface area contributed by atoms with E-state index >= 15 is 0 Å². The van der Waals surface area contributed by atoms with Gasteiger partial charge in [-0.3, -0.25) is 4.79 Å². The van der Waals surface area contributed by atoms with Crippen LogP contribution in [0.15, 0.2) is 23.1 Å². The molecule has 0 unspecified atom stereocenters. The summed E-state index contributed by atoms with van der Waals surface area (Å²) in [5, 5.41) is 3.37. The molecule has 1 aromatic carbocycles. The second-order valence-corrected chi connectivity index (χ2v) is 9.13. The highest BCUT2D eigenvalue weighted by Gasteiger charge is 2.29. The van der Waals surface area contributed by atoms with Gasteiger partial charge in [-0.15, -0.1) is 0 Å². The predicted octanol–water partition coefficient (Wildman–Crippen LogP) is 1.90. The fraction of sp³-hybridized carbons (Fsp3) is 0.632. The molecule has 0 aromatic heterocycles. The number of nitrogens with one attached hydrogen (secondary N) is 2. The molecule has 2 N–H and O–H groups in total. The second kappa shape index (κ2) is 8.06. The number of rotatable bonds is 7. The molecule has 6 nitrogen and oxygen atoms in total. The minimum absolute atomic E-state index is 0.0520. The highest BCUT2D eigenvalue weighted by molar-refractivity contribution is 7.89. The van der Waals surface area contributed by atoms with E-state index in [-0.39, 0.29) is 16.8 Å². The Hall–Kier alpha value is -1.44. The van der Waals surface area contributed by atoms with Gasteiger partial charge in [-0.25, -0.2) is 13.1 Å². The van der Waals surface area contributed by atoms with Crippen molar-refractivity contribution in [3.8, 4) is 0 Å². The summed E-state index contributed by atoms with van der Waals surface area (Å²) in [6.07, 6.45) is 3.75. The third kappa shape index (κ3) is 4.64. The second-order valence-electron chi connectivity index (χ2n) is 7.42. The third-order valence-electron chi connectivity index (χ3n) is 5.23. The molecule has 1 aromatic rings. The molecule has 1 aliphatic carbocycles. The van der Waals surface area contributed by atoms with Crippen LogP contribution < -0.4 is 10.0 Å². The molecular weight excluding hydrogens is 350 g/mol. The number of benzene rings is 1. The molecule has 2 fully saturated rings. The van der Waals surface area contributed by atoms with Gasteiger partial charge in [0.1, 0.15) is 0 Å². The lowest BCUT2D eigenvalue weighted by atomic mass is 9.96. The van der Waals surface area contributed by atoms with Gasteiger partial charge in [-0.1, -0.05) is 13.0 Å². The fourth-order valence-electron chi connectivity index (χ4n) is 3.35. The molecule has 0 bridgehead atoms. The van der Waals surface area contributed by atoms with E-state index in [1.165, 1.54) is 6.07 Å². The summed E-state index contributed by atoms with van der Waals surface area (Å²) in [7, 11) is -3.55. The summed E-state index contributed by atoms with van der Waals surface area (Å²) in [6.45, 7) is 7.38. The van der Waals surface area contributed by atoms with Crippen LogP contribution in [-0.2, 0) is 10.0 Å². The number of piperidine rings is 1. The molecule has 0 atom stereocenters. The standard InChI is InChI=1S/C19H29N3O3S/c1-3-20-13-15-8-10-22(11-9-15)19(23)18-12-17(7-4-14(18)2)26(24,25)21-16-5-6-16/h4,7,12,15-16,20-21H,3,5-6,8-11,13H2,1-2H3. The minimum atomic E-state index is -3.55. The first-order valence-electron chi connectivity index (χ1n) is 9.53. The summed E-state index contributed by atoms with van der Waals surface area (Å²) in [6, 6.07) is 4.90. The first-order chi connectivity index (χ1) is 12.4. The van der Waals surface area contributed by atoms with Crippen LogP contribution in [0.3, 0.4) is 0 Å². The SMILES string of the molecule is CCNCC1CCN(C(=O)c2cc(S(=O)(=O)NC3CC3)ccc2C)CC1. The van der Waals surface area contributed by atoms with Gasteiger partial charge in [0.25, 0.3) is 5.91 Å². The van der Waals surface area contributed by atoms with Gasteiger partial charge in [-0.2, -0.15) is 0 Å². The average Bonchev–Trinajstić information content (AvgIpc) is 3.43. The van der Waals surface area contributed by atoms with Gasteiger partial charge >= 0.3 is 0 Å². The van der Waals surface area contributed by atoms with Crippen molar-refractivity contribution in [3.63, 3.8) is 0 Å². The molecule has 26 heavy (non-hydrogen) atoms. The molecule has 1 aliphatic heterocycles.